The molecule has 0 aliphatic rings. The molecule has 2 heterocycles. The van der Waals surface area contributed by atoms with Crippen molar-refractivity contribution in [2.24, 2.45) is 7.05 Å². The Bertz CT molecular complexity index is 544. The molecule has 2 aromatic heterocycles. The van der Waals surface area contributed by atoms with Crippen LogP contribution in [0, 0.1) is 6.92 Å². The highest BCUT2D eigenvalue weighted by Crippen LogP contribution is 2.22. The predicted molar refractivity (Wildman–Crippen MR) is 72.5 cm³/mol. The number of nitrogens with zero attached hydrogens (tertiary/aromatic N) is 4. The van der Waals surface area contributed by atoms with E-state index in [1.165, 1.54) is 5.56 Å². The summed E-state index contributed by atoms with van der Waals surface area (Å²) < 4.78 is 1.79. The van der Waals surface area contributed by atoms with E-state index < -0.39 is 0 Å². The number of aryl methyl sites for hydroxylation is 2. The van der Waals surface area contributed by atoms with Crippen molar-refractivity contribution >= 4 is 5.82 Å². The third kappa shape index (κ3) is 2.20. The minimum Gasteiger partial charge on any atom is -0.370 e. The van der Waals surface area contributed by atoms with Crippen LogP contribution in [-0.2, 0) is 13.5 Å². The molecule has 0 amide bonds. The molecule has 0 radical (unpaired) electrons. The summed E-state index contributed by atoms with van der Waals surface area (Å²) in [5.74, 6) is 1.66. The van der Waals surface area contributed by atoms with Crippen LogP contribution in [0.15, 0.2) is 12.3 Å². The molecule has 0 aromatic carbocycles. The smallest absolute Gasteiger partial charge is 0.180 e. The second-order valence-corrected chi connectivity index (χ2v) is 4.18. The SMILES string of the molecule is CCNc1nc(-c2ccnn2C)nc(C)c1CC. The zero-order chi connectivity index (χ0) is 13.1. The van der Waals surface area contributed by atoms with Crippen molar-refractivity contribution in [3.05, 3.63) is 23.5 Å². The minimum absolute atomic E-state index is 0.723. The summed E-state index contributed by atoms with van der Waals surface area (Å²) >= 11 is 0. The van der Waals surface area contributed by atoms with Gasteiger partial charge in [0.15, 0.2) is 5.82 Å². The van der Waals surface area contributed by atoms with E-state index >= 15 is 0 Å². The predicted octanol–water partition coefficient (Wildman–Crippen LogP) is 2.18. The molecule has 0 aliphatic carbocycles. The Hall–Kier alpha value is -1.91. The van der Waals surface area contributed by atoms with Crippen LogP contribution in [0.4, 0.5) is 5.82 Å². The van der Waals surface area contributed by atoms with Crippen LogP contribution < -0.4 is 5.32 Å². The molecule has 5 nitrogen and oxygen atoms in total. The van der Waals surface area contributed by atoms with Crippen molar-refractivity contribution in [1.82, 2.24) is 19.7 Å². The van der Waals surface area contributed by atoms with E-state index in [1.54, 1.807) is 10.9 Å². The first kappa shape index (κ1) is 12.5. The van der Waals surface area contributed by atoms with Crippen molar-refractivity contribution in [3.8, 4) is 11.5 Å². The van der Waals surface area contributed by atoms with Crippen LogP contribution in [0.25, 0.3) is 11.5 Å². The third-order valence-electron chi connectivity index (χ3n) is 2.96. The molecule has 2 aromatic rings. The van der Waals surface area contributed by atoms with Gasteiger partial charge in [-0.15, -0.1) is 0 Å². The van der Waals surface area contributed by atoms with Gasteiger partial charge in [-0.25, -0.2) is 9.97 Å². The second kappa shape index (κ2) is 5.16. The minimum atomic E-state index is 0.723. The number of nitrogens with one attached hydrogen (secondary N) is 1. The van der Waals surface area contributed by atoms with Gasteiger partial charge in [0.05, 0.1) is 0 Å². The third-order valence-corrected chi connectivity index (χ3v) is 2.96. The van der Waals surface area contributed by atoms with Gasteiger partial charge in [0.1, 0.15) is 11.5 Å². The molecule has 0 atom stereocenters. The maximum absolute atomic E-state index is 4.61. The summed E-state index contributed by atoms with van der Waals surface area (Å²) in [6.07, 6.45) is 2.69. The molecule has 0 spiro atoms. The van der Waals surface area contributed by atoms with Gasteiger partial charge in [-0.2, -0.15) is 5.10 Å². The average Bonchev–Trinajstić information content (AvgIpc) is 2.75. The molecule has 0 unspecified atom stereocenters. The van der Waals surface area contributed by atoms with Crippen LogP contribution in [0.2, 0.25) is 0 Å². The van der Waals surface area contributed by atoms with E-state index in [0.717, 1.165) is 36.0 Å². The highest BCUT2D eigenvalue weighted by Gasteiger charge is 2.12. The van der Waals surface area contributed by atoms with Gasteiger partial charge in [0, 0.05) is 31.0 Å². The summed E-state index contributed by atoms with van der Waals surface area (Å²) in [4.78, 5) is 9.19. The summed E-state index contributed by atoms with van der Waals surface area (Å²) in [5, 5.41) is 7.47. The summed E-state index contributed by atoms with van der Waals surface area (Å²) in [7, 11) is 1.90. The fourth-order valence-corrected chi connectivity index (χ4v) is 2.04. The van der Waals surface area contributed by atoms with Gasteiger partial charge in [-0.3, -0.25) is 4.68 Å². The van der Waals surface area contributed by atoms with Crippen molar-refractivity contribution in [3.63, 3.8) is 0 Å². The maximum Gasteiger partial charge on any atom is 0.180 e. The first-order chi connectivity index (χ1) is 8.67. The van der Waals surface area contributed by atoms with Crippen LogP contribution in [0.3, 0.4) is 0 Å². The van der Waals surface area contributed by atoms with Gasteiger partial charge in [-0.1, -0.05) is 6.92 Å². The molecule has 1 N–H and O–H groups in total. The summed E-state index contributed by atoms with van der Waals surface area (Å²) in [6, 6.07) is 1.93. The Morgan fingerprint density at radius 3 is 2.61 bits per heavy atom. The Balaban J connectivity index is 2.54. The van der Waals surface area contributed by atoms with E-state index in [0.29, 0.717) is 0 Å². The highest BCUT2D eigenvalue weighted by atomic mass is 15.3. The molecule has 0 fully saturated rings. The van der Waals surface area contributed by atoms with Crippen molar-refractivity contribution in [2.45, 2.75) is 27.2 Å². The Morgan fingerprint density at radius 2 is 2.06 bits per heavy atom. The molecule has 0 saturated heterocycles. The lowest BCUT2D eigenvalue weighted by Crippen LogP contribution is -2.09. The average molecular weight is 245 g/mol. The lowest BCUT2D eigenvalue weighted by atomic mass is 10.1. The largest absolute Gasteiger partial charge is 0.370 e. The fraction of sp³-hybridized carbons (Fsp3) is 0.462. The van der Waals surface area contributed by atoms with E-state index in [-0.39, 0.29) is 0 Å². The maximum atomic E-state index is 4.61. The van der Waals surface area contributed by atoms with Crippen molar-refractivity contribution in [2.75, 3.05) is 11.9 Å². The standard InChI is InChI=1S/C13H19N5/c1-5-10-9(3)16-13(17-12(10)14-6-2)11-7-8-15-18(11)4/h7-8H,5-6H2,1-4H3,(H,14,16,17). The lowest BCUT2D eigenvalue weighted by Gasteiger charge is -2.12. The molecule has 5 heteroatoms. The highest BCUT2D eigenvalue weighted by molar-refractivity contribution is 5.56. The molecular formula is C13H19N5. The molecule has 2 rings (SSSR count). The quantitative estimate of drug-likeness (QED) is 0.897. The number of anilines is 1. The molecule has 0 bridgehead atoms. The van der Waals surface area contributed by atoms with E-state index in [9.17, 15) is 0 Å². The van der Waals surface area contributed by atoms with Crippen molar-refractivity contribution < 1.29 is 0 Å². The van der Waals surface area contributed by atoms with E-state index in [4.69, 9.17) is 0 Å². The zero-order valence-corrected chi connectivity index (χ0v) is 11.4. The Kier molecular flexibility index (Phi) is 3.60. The van der Waals surface area contributed by atoms with Crippen LogP contribution >= 0.6 is 0 Å². The number of hydrogen-bond acceptors (Lipinski definition) is 4. The lowest BCUT2D eigenvalue weighted by molar-refractivity contribution is 0.768. The first-order valence-corrected chi connectivity index (χ1v) is 6.27. The number of aromatic nitrogens is 4. The molecule has 18 heavy (non-hydrogen) atoms. The fourth-order valence-electron chi connectivity index (χ4n) is 2.04. The summed E-state index contributed by atoms with van der Waals surface area (Å²) in [6.45, 7) is 7.08. The molecular weight excluding hydrogens is 226 g/mol. The monoisotopic (exact) mass is 245 g/mol. The normalized spacial score (nSPS) is 10.7. The van der Waals surface area contributed by atoms with Gasteiger partial charge in [0.25, 0.3) is 0 Å². The van der Waals surface area contributed by atoms with E-state index in [2.05, 4.69) is 34.2 Å². The Labute approximate surface area is 107 Å². The second-order valence-electron chi connectivity index (χ2n) is 4.18. The van der Waals surface area contributed by atoms with Crippen LogP contribution in [0.1, 0.15) is 25.1 Å². The molecule has 96 valence electrons. The Morgan fingerprint density at radius 1 is 1.28 bits per heavy atom. The number of hydrogen-bond donors (Lipinski definition) is 1. The van der Waals surface area contributed by atoms with Crippen LogP contribution in [-0.4, -0.2) is 26.3 Å². The topological polar surface area (TPSA) is 55.6 Å². The van der Waals surface area contributed by atoms with Gasteiger partial charge < -0.3 is 5.32 Å². The molecule has 0 aliphatic heterocycles. The first-order valence-electron chi connectivity index (χ1n) is 6.27. The molecule has 0 saturated carbocycles. The van der Waals surface area contributed by atoms with E-state index in [1.807, 2.05) is 20.0 Å². The van der Waals surface area contributed by atoms with Gasteiger partial charge >= 0.3 is 0 Å². The van der Waals surface area contributed by atoms with Gasteiger partial charge in [-0.05, 0) is 26.3 Å². The number of rotatable bonds is 4. The summed E-state index contributed by atoms with van der Waals surface area (Å²) in [5.41, 5.74) is 3.14. The van der Waals surface area contributed by atoms with Crippen LogP contribution in [0.5, 0.6) is 0 Å². The zero-order valence-electron chi connectivity index (χ0n) is 11.4. The van der Waals surface area contributed by atoms with Crippen molar-refractivity contribution in [1.29, 1.82) is 0 Å². The van der Waals surface area contributed by atoms with Gasteiger partial charge in [0.2, 0.25) is 0 Å².